The summed E-state index contributed by atoms with van der Waals surface area (Å²) in [6.45, 7) is 3.45. The van der Waals surface area contributed by atoms with Gasteiger partial charge in [0.1, 0.15) is 47.0 Å². The van der Waals surface area contributed by atoms with E-state index >= 15 is 0 Å². The van der Waals surface area contributed by atoms with E-state index in [1.165, 1.54) is 39.2 Å². The molecule has 0 aliphatic rings. The molecular formula is C41H54F6N4O13. The third-order valence-corrected chi connectivity index (χ3v) is 8.45. The molecule has 0 saturated heterocycles. The maximum atomic E-state index is 13.4. The second-order valence-corrected chi connectivity index (χ2v) is 13.8. The van der Waals surface area contributed by atoms with Gasteiger partial charge in [0.15, 0.2) is 6.04 Å². The Morgan fingerprint density at radius 3 is 1.17 bits per heavy atom. The molecule has 3 aromatic rings. The van der Waals surface area contributed by atoms with Crippen molar-refractivity contribution in [3.8, 4) is 0 Å². The monoisotopic (exact) mass is 924 g/mol. The number of aliphatic hydroxyl groups excluding tert-OH is 1. The molecule has 0 heterocycles. The van der Waals surface area contributed by atoms with Crippen molar-refractivity contribution in [2.45, 2.75) is 64.3 Å². The number of benzene rings is 3. The van der Waals surface area contributed by atoms with Crippen molar-refractivity contribution >= 4 is 29.8 Å². The molecule has 0 aromatic heterocycles. The number of likely N-dealkylation sites (N-methyl/N-ethyl adjacent to an activating group) is 3. The van der Waals surface area contributed by atoms with Crippen molar-refractivity contribution in [3.63, 3.8) is 0 Å². The van der Waals surface area contributed by atoms with Crippen LogP contribution < -0.4 is 21.3 Å². The first-order chi connectivity index (χ1) is 29.9. The largest absolute Gasteiger partial charge is 0.481 e. The van der Waals surface area contributed by atoms with E-state index in [1.54, 1.807) is 20.9 Å². The lowest BCUT2D eigenvalue weighted by molar-refractivity contribution is -0.144. The molecule has 1 amide bonds. The van der Waals surface area contributed by atoms with E-state index in [-0.39, 0.29) is 62.9 Å². The Balaban J connectivity index is 0.000000870. The number of carboxylic acid groups (broad SMARTS) is 4. The number of hydrogen-bond acceptors (Lipinski definition) is 12. The van der Waals surface area contributed by atoms with Gasteiger partial charge in [-0.05, 0) is 60.1 Å². The van der Waals surface area contributed by atoms with Crippen LogP contribution in [0.3, 0.4) is 0 Å². The molecule has 0 bridgehead atoms. The zero-order valence-electron chi connectivity index (χ0n) is 35.7. The van der Waals surface area contributed by atoms with E-state index in [2.05, 4.69) is 21.3 Å². The number of hydrogen-bond donors (Lipinski definition) is 9. The summed E-state index contributed by atoms with van der Waals surface area (Å²) in [5, 5.41) is 52.8. The van der Waals surface area contributed by atoms with E-state index in [4.69, 9.17) is 39.7 Å². The minimum Gasteiger partial charge on any atom is -0.481 e. The van der Waals surface area contributed by atoms with Gasteiger partial charge in [0, 0.05) is 34.9 Å². The zero-order chi connectivity index (χ0) is 49.2. The normalized spacial score (nSPS) is 12.6. The maximum Gasteiger partial charge on any atom is 0.328 e. The lowest BCUT2D eigenvalue weighted by atomic mass is 10.0. The molecule has 3 aromatic carbocycles. The lowest BCUT2D eigenvalue weighted by Crippen LogP contribution is -2.56. The summed E-state index contributed by atoms with van der Waals surface area (Å²) in [6, 6.07) is 6.35. The van der Waals surface area contributed by atoms with E-state index in [1.807, 2.05) is 0 Å². The first kappa shape index (κ1) is 58.3. The van der Waals surface area contributed by atoms with Crippen molar-refractivity contribution in [1.29, 1.82) is 0 Å². The van der Waals surface area contributed by atoms with Gasteiger partial charge in [0.05, 0.1) is 57.7 Å². The fraction of sp³-hybridized carbons (Fsp3) is 0.439. The Morgan fingerprint density at radius 1 is 0.562 bits per heavy atom. The molecule has 9 N–H and O–H groups in total. The van der Waals surface area contributed by atoms with Gasteiger partial charge in [-0.25, -0.2) is 31.1 Å². The fourth-order valence-electron chi connectivity index (χ4n) is 4.10. The number of aliphatic carboxylic acids is 4. The number of aliphatic hydroxyl groups is 1. The van der Waals surface area contributed by atoms with Crippen LogP contribution in [0.1, 0.15) is 37.5 Å². The van der Waals surface area contributed by atoms with Crippen LogP contribution in [-0.4, -0.2) is 127 Å². The second-order valence-electron chi connectivity index (χ2n) is 13.8. The summed E-state index contributed by atoms with van der Waals surface area (Å²) in [6.07, 6.45) is 0. The number of carbonyl (C=O) groups excluding carboxylic acids is 1. The minimum atomic E-state index is -1.28. The van der Waals surface area contributed by atoms with Gasteiger partial charge in [-0.1, -0.05) is 18.2 Å². The van der Waals surface area contributed by atoms with Gasteiger partial charge in [0.25, 0.3) is 0 Å². The highest BCUT2D eigenvalue weighted by atomic mass is 19.2. The predicted octanol–water partition coefficient (Wildman–Crippen LogP) is 3.06. The number of ether oxygens (including phenoxy) is 3. The Hall–Kier alpha value is -5.69. The van der Waals surface area contributed by atoms with Crippen LogP contribution in [0.2, 0.25) is 0 Å². The summed E-state index contributed by atoms with van der Waals surface area (Å²) in [7, 11) is 4.54. The zero-order valence-corrected chi connectivity index (χ0v) is 35.7. The van der Waals surface area contributed by atoms with E-state index in [9.17, 15) is 50.3 Å². The quantitative estimate of drug-likeness (QED) is 0.0656. The van der Waals surface area contributed by atoms with E-state index in [0.717, 1.165) is 30.3 Å². The van der Waals surface area contributed by atoms with Crippen LogP contribution in [-0.2, 0) is 58.0 Å². The second kappa shape index (κ2) is 30.4. The summed E-state index contributed by atoms with van der Waals surface area (Å²) >= 11 is 0. The molecule has 4 atom stereocenters. The molecule has 0 saturated carbocycles. The average Bonchev–Trinajstić information content (AvgIpc) is 3.22. The molecule has 3 rings (SSSR count). The number of nitrogens with one attached hydrogen (secondary N) is 4. The Bertz CT molecular complexity index is 1940. The van der Waals surface area contributed by atoms with Gasteiger partial charge in [-0.3, -0.25) is 19.2 Å². The molecule has 0 radical (unpaired) electrons. The summed E-state index contributed by atoms with van der Waals surface area (Å²) in [5.41, 5.74) is -0.459. The first-order valence-corrected chi connectivity index (χ1v) is 18.9. The van der Waals surface area contributed by atoms with Crippen LogP contribution >= 0.6 is 0 Å². The Kier molecular flexibility index (Phi) is 27.7. The van der Waals surface area contributed by atoms with Gasteiger partial charge in [0.2, 0.25) is 5.91 Å². The molecule has 23 heteroatoms. The summed E-state index contributed by atoms with van der Waals surface area (Å²) < 4.78 is 92.8. The maximum absolute atomic E-state index is 13.4. The van der Waals surface area contributed by atoms with Gasteiger partial charge in [-0.15, -0.1) is 0 Å². The van der Waals surface area contributed by atoms with E-state index < -0.39 is 94.3 Å². The van der Waals surface area contributed by atoms with Gasteiger partial charge < -0.3 is 61.0 Å². The van der Waals surface area contributed by atoms with Crippen LogP contribution in [0.15, 0.2) is 54.6 Å². The molecule has 0 fully saturated rings. The molecule has 17 nitrogen and oxygen atoms in total. The molecule has 4 unspecified atom stereocenters. The lowest BCUT2D eigenvalue weighted by Gasteiger charge is -2.25. The average molecular weight is 925 g/mol. The summed E-state index contributed by atoms with van der Waals surface area (Å²) in [5.74, 6) is -9.69. The topological polar surface area (TPSA) is 262 Å². The molecule has 0 aliphatic heterocycles. The highest BCUT2D eigenvalue weighted by Crippen LogP contribution is 2.13. The van der Waals surface area contributed by atoms with Crippen LogP contribution in [0.5, 0.6) is 0 Å². The third-order valence-electron chi connectivity index (χ3n) is 8.45. The van der Waals surface area contributed by atoms with Crippen LogP contribution in [0.4, 0.5) is 26.3 Å². The highest BCUT2D eigenvalue weighted by molar-refractivity contribution is 5.89. The van der Waals surface area contributed by atoms with Crippen molar-refractivity contribution in [1.82, 2.24) is 21.3 Å². The van der Waals surface area contributed by atoms with Crippen molar-refractivity contribution < 1.29 is 90.1 Å². The first-order valence-electron chi connectivity index (χ1n) is 18.9. The number of carboxylic acids is 4. The number of amides is 1. The molecule has 0 spiro atoms. The highest BCUT2D eigenvalue weighted by Gasteiger charge is 2.30. The molecular weight excluding hydrogens is 870 g/mol. The summed E-state index contributed by atoms with van der Waals surface area (Å²) in [4.78, 5) is 54.1. The standard InChI is InChI=1S/C15H20F2N2O4.C11H13F2NO3.C11H12F2O3.C4H9NO3/c1-15(2,18-3)14(22)19-12(13(20)21)8-23-7-9-4-5-10(16)6-11(9)17;1-14-10(11(15)16)6-17-5-7-2-3-8(12)4-9(7)13;1-7(11(14)15)5-16-6-8-2-3-9(12)4-10(8)13;1-5-3(2-6)4(7)8/h4-6,12,18H,7-8H2,1-3H3,(H,19,22)(H,20,21);2-4,10,14H,5-6H2,1H3,(H,15,16);2-4,7H,5-6H2,1H3,(H,14,15);3,5-6H,2H2,1H3,(H,7,8). The number of carbonyl (C=O) groups is 5. The molecule has 0 aliphatic carbocycles. The Morgan fingerprint density at radius 2 is 0.906 bits per heavy atom. The fourth-order valence-corrected chi connectivity index (χ4v) is 4.10. The Labute approximate surface area is 364 Å². The smallest absolute Gasteiger partial charge is 0.328 e. The minimum absolute atomic E-state index is 0.00779. The van der Waals surface area contributed by atoms with E-state index in [0.29, 0.717) is 6.07 Å². The van der Waals surface area contributed by atoms with Crippen molar-refractivity contribution in [3.05, 3.63) is 106 Å². The molecule has 358 valence electrons. The molecule has 64 heavy (non-hydrogen) atoms. The van der Waals surface area contributed by atoms with Crippen molar-refractivity contribution in [2.24, 2.45) is 5.92 Å². The van der Waals surface area contributed by atoms with Gasteiger partial charge >= 0.3 is 23.9 Å². The third kappa shape index (κ3) is 23.1. The van der Waals surface area contributed by atoms with Gasteiger partial charge in [-0.2, -0.15) is 0 Å². The van der Waals surface area contributed by atoms with Crippen molar-refractivity contribution in [2.75, 3.05) is 47.6 Å². The predicted molar refractivity (Wildman–Crippen MR) is 216 cm³/mol. The number of rotatable bonds is 22. The van der Waals surface area contributed by atoms with Crippen LogP contribution in [0.25, 0.3) is 0 Å². The van der Waals surface area contributed by atoms with Crippen LogP contribution in [0, 0.1) is 40.8 Å². The number of halogens is 6. The SMILES string of the molecule is CC(COCc1ccc(F)cc1F)C(=O)O.CNC(C)(C)C(=O)NC(COCc1ccc(F)cc1F)C(=O)O.CNC(CO)C(=O)O.CNC(COCc1ccc(F)cc1F)C(=O)O.